The molecule has 1 fully saturated rings. The summed E-state index contributed by atoms with van der Waals surface area (Å²) in [6.07, 6.45) is 10.5. The summed E-state index contributed by atoms with van der Waals surface area (Å²) in [5.41, 5.74) is 1.46. The van der Waals surface area contributed by atoms with Crippen LogP contribution >= 0.6 is 0 Å². The van der Waals surface area contributed by atoms with Gasteiger partial charge < -0.3 is 5.32 Å². The number of terminal acetylenes is 1. The van der Waals surface area contributed by atoms with E-state index < -0.39 is 0 Å². The molecular weight excluding hydrogens is 194 g/mol. The molecule has 1 aliphatic rings. The Balaban J connectivity index is 2.08. The molecule has 16 heavy (non-hydrogen) atoms. The van der Waals surface area contributed by atoms with E-state index in [0.29, 0.717) is 18.5 Å². The van der Waals surface area contributed by atoms with E-state index in [4.69, 9.17) is 6.42 Å². The van der Waals surface area contributed by atoms with Gasteiger partial charge in [0.1, 0.15) is 0 Å². The maximum atomic E-state index is 5.32. The molecule has 1 aliphatic carbocycles. The molecule has 84 valence electrons. The van der Waals surface area contributed by atoms with Gasteiger partial charge in [0.2, 0.25) is 0 Å². The van der Waals surface area contributed by atoms with Crippen LogP contribution < -0.4 is 5.32 Å². The van der Waals surface area contributed by atoms with E-state index in [1.54, 1.807) is 0 Å². The van der Waals surface area contributed by atoms with Crippen LogP contribution in [0.15, 0.2) is 30.3 Å². The molecule has 1 nitrogen and oxygen atoms in total. The average molecular weight is 213 g/mol. The molecule has 0 aliphatic heterocycles. The molecule has 2 atom stereocenters. The van der Waals surface area contributed by atoms with E-state index in [1.807, 2.05) is 0 Å². The molecule has 0 radical (unpaired) electrons. The smallest absolute Gasteiger partial charge is 0.0576 e. The summed E-state index contributed by atoms with van der Waals surface area (Å²) < 4.78 is 0. The summed E-state index contributed by atoms with van der Waals surface area (Å²) in [6, 6.07) is 11.4. The molecule has 0 heterocycles. The highest BCUT2D eigenvalue weighted by atomic mass is 14.9. The average Bonchev–Trinajstić information content (AvgIpc) is 2.38. The number of nitrogens with one attached hydrogen (secondary N) is 1. The summed E-state index contributed by atoms with van der Waals surface area (Å²) in [6.45, 7) is 0.688. The molecule has 2 rings (SSSR count). The van der Waals surface area contributed by atoms with E-state index in [1.165, 1.54) is 31.2 Å². The third-order valence-electron chi connectivity index (χ3n) is 3.46. The minimum Gasteiger partial charge on any atom is -0.303 e. The van der Waals surface area contributed by atoms with Gasteiger partial charge in [-0.2, -0.15) is 0 Å². The van der Waals surface area contributed by atoms with E-state index in [0.717, 1.165) is 0 Å². The zero-order valence-corrected chi connectivity index (χ0v) is 9.65. The highest BCUT2D eigenvalue weighted by Gasteiger charge is 2.25. The van der Waals surface area contributed by atoms with Crippen molar-refractivity contribution in [2.75, 3.05) is 6.54 Å². The van der Waals surface area contributed by atoms with Crippen LogP contribution in [0, 0.1) is 12.3 Å². The van der Waals surface area contributed by atoms with Crippen molar-refractivity contribution < 1.29 is 0 Å². The number of rotatable bonds is 3. The van der Waals surface area contributed by atoms with Gasteiger partial charge in [0.15, 0.2) is 0 Å². The van der Waals surface area contributed by atoms with Crippen LogP contribution in [-0.2, 0) is 0 Å². The van der Waals surface area contributed by atoms with Gasteiger partial charge in [-0.1, -0.05) is 49.1 Å². The van der Waals surface area contributed by atoms with Gasteiger partial charge >= 0.3 is 0 Å². The topological polar surface area (TPSA) is 12.0 Å². The fraction of sp³-hybridized carbons (Fsp3) is 0.467. The minimum absolute atomic E-state index is 0.562. The van der Waals surface area contributed by atoms with E-state index >= 15 is 0 Å². The molecule has 1 N–H and O–H groups in total. The molecule has 0 bridgehead atoms. The fourth-order valence-electron chi connectivity index (χ4n) is 2.66. The Morgan fingerprint density at radius 2 is 1.94 bits per heavy atom. The van der Waals surface area contributed by atoms with Crippen LogP contribution in [0.3, 0.4) is 0 Å². The van der Waals surface area contributed by atoms with E-state index in [2.05, 4.69) is 41.6 Å². The fourth-order valence-corrected chi connectivity index (χ4v) is 2.66. The monoisotopic (exact) mass is 213 g/mol. The second kappa shape index (κ2) is 5.72. The number of benzene rings is 1. The van der Waals surface area contributed by atoms with Crippen molar-refractivity contribution in [1.29, 1.82) is 0 Å². The predicted molar refractivity (Wildman–Crippen MR) is 68.3 cm³/mol. The maximum Gasteiger partial charge on any atom is 0.0576 e. The van der Waals surface area contributed by atoms with Gasteiger partial charge in [-0.15, -0.1) is 6.42 Å². The zero-order chi connectivity index (χ0) is 11.2. The first kappa shape index (κ1) is 11.2. The number of hydrogen-bond acceptors (Lipinski definition) is 1. The van der Waals surface area contributed by atoms with Crippen LogP contribution in [0.1, 0.15) is 37.2 Å². The molecule has 0 saturated heterocycles. The summed E-state index contributed by atoms with van der Waals surface area (Å²) in [4.78, 5) is 0. The first-order chi connectivity index (χ1) is 7.92. The summed E-state index contributed by atoms with van der Waals surface area (Å²) >= 11 is 0. The lowest BCUT2D eigenvalue weighted by Crippen LogP contribution is -2.37. The molecule has 0 aromatic heterocycles. The Kier molecular flexibility index (Phi) is 4.02. The summed E-state index contributed by atoms with van der Waals surface area (Å²) in [5.74, 6) is 3.32. The minimum atomic E-state index is 0.562. The van der Waals surface area contributed by atoms with Crippen LogP contribution in [-0.4, -0.2) is 12.6 Å². The molecule has 1 aromatic carbocycles. The van der Waals surface area contributed by atoms with Crippen molar-refractivity contribution in [3.8, 4) is 12.3 Å². The van der Waals surface area contributed by atoms with Crippen molar-refractivity contribution in [1.82, 2.24) is 5.32 Å². The van der Waals surface area contributed by atoms with Gasteiger partial charge in [-0.05, 0) is 24.3 Å². The van der Waals surface area contributed by atoms with Crippen molar-refractivity contribution in [3.05, 3.63) is 35.9 Å². The van der Waals surface area contributed by atoms with Gasteiger partial charge in [-0.25, -0.2) is 0 Å². The zero-order valence-electron chi connectivity index (χ0n) is 9.65. The first-order valence-corrected chi connectivity index (χ1v) is 6.13. The van der Waals surface area contributed by atoms with Crippen LogP contribution in [0.4, 0.5) is 0 Å². The van der Waals surface area contributed by atoms with Gasteiger partial charge in [0.05, 0.1) is 6.54 Å². The molecular formula is C15H19N. The van der Waals surface area contributed by atoms with E-state index in [9.17, 15) is 0 Å². The first-order valence-electron chi connectivity index (χ1n) is 6.13. The molecule has 0 spiro atoms. The van der Waals surface area contributed by atoms with E-state index in [-0.39, 0.29) is 0 Å². The highest BCUT2D eigenvalue weighted by molar-refractivity contribution is 5.22. The lowest BCUT2D eigenvalue weighted by molar-refractivity contribution is 0.337. The quantitative estimate of drug-likeness (QED) is 0.761. The Bertz CT molecular complexity index is 349. The maximum absolute atomic E-state index is 5.32. The van der Waals surface area contributed by atoms with Crippen molar-refractivity contribution in [3.63, 3.8) is 0 Å². The molecule has 1 saturated carbocycles. The highest BCUT2D eigenvalue weighted by Crippen LogP contribution is 2.32. The lowest BCUT2D eigenvalue weighted by Gasteiger charge is -2.32. The normalized spacial score (nSPS) is 24.9. The molecule has 2 unspecified atom stereocenters. The van der Waals surface area contributed by atoms with Crippen molar-refractivity contribution in [2.45, 2.75) is 37.6 Å². The Morgan fingerprint density at radius 3 is 2.69 bits per heavy atom. The van der Waals surface area contributed by atoms with Crippen LogP contribution in [0.5, 0.6) is 0 Å². The Morgan fingerprint density at radius 1 is 1.19 bits per heavy atom. The van der Waals surface area contributed by atoms with Crippen molar-refractivity contribution >= 4 is 0 Å². The van der Waals surface area contributed by atoms with Gasteiger partial charge in [0.25, 0.3) is 0 Å². The molecule has 0 amide bonds. The van der Waals surface area contributed by atoms with Gasteiger partial charge in [0, 0.05) is 6.04 Å². The van der Waals surface area contributed by atoms with Crippen molar-refractivity contribution in [2.24, 2.45) is 0 Å². The third kappa shape index (κ3) is 2.65. The molecule has 1 aromatic rings. The Hall–Kier alpha value is -1.26. The number of hydrogen-bond donors (Lipinski definition) is 1. The second-order valence-corrected chi connectivity index (χ2v) is 4.49. The van der Waals surface area contributed by atoms with Crippen LogP contribution in [0.2, 0.25) is 0 Å². The second-order valence-electron chi connectivity index (χ2n) is 4.49. The summed E-state index contributed by atoms with van der Waals surface area (Å²) in [5, 5.41) is 3.48. The Labute approximate surface area is 98.3 Å². The van der Waals surface area contributed by atoms with Crippen LogP contribution in [0.25, 0.3) is 0 Å². The predicted octanol–water partition coefficient (Wildman–Crippen LogP) is 2.94. The van der Waals surface area contributed by atoms with Gasteiger partial charge in [-0.3, -0.25) is 0 Å². The summed E-state index contributed by atoms with van der Waals surface area (Å²) in [7, 11) is 0. The largest absolute Gasteiger partial charge is 0.303 e. The molecule has 1 heteroatoms. The standard InChI is InChI=1S/C15H19N/c1-2-12-16-15-11-7-6-10-14(15)13-8-4-3-5-9-13/h1,3-5,8-9,14-16H,6-7,10-12H2. The SMILES string of the molecule is C#CCNC1CCCCC1c1ccccc1. The lowest BCUT2D eigenvalue weighted by atomic mass is 9.80. The third-order valence-corrected chi connectivity index (χ3v) is 3.46.